The van der Waals surface area contributed by atoms with Crippen molar-refractivity contribution < 1.29 is 28.8 Å². The molecule has 2 aliphatic carbocycles. The fraction of sp³-hybridized carbons (Fsp3) is 0.441. The molecule has 5 rings (SSSR count). The van der Waals surface area contributed by atoms with Crippen molar-refractivity contribution in [2.75, 3.05) is 20.8 Å². The van der Waals surface area contributed by atoms with Gasteiger partial charge < -0.3 is 29.0 Å². The van der Waals surface area contributed by atoms with Crippen LogP contribution in [-0.2, 0) is 25.6 Å². The van der Waals surface area contributed by atoms with Crippen molar-refractivity contribution in [2.24, 2.45) is 11.8 Å². The minimum atomic E-state index is -0.831. The lowest BCUT2D eigenvalue weighted by Crippen LogP contribution is -2.49. The summed E-state index contributed by atoms with van der Waals surface area (Å²) in [6.07, 6.45) is 9.05. The first-order valence-electron chi connectivity index (χ1n) is 14.6. The topological polar surface area (TPSA) is 77.5 Å². The van der Waals surface area contributed by atoms with Crippen molar-refractivity contribution in [3.8, 4) is 5.75 Å². The molecule has 0 radical (unpaired) electrons. The van der Waals surface area contributed by atoms with E-state index >= 15 is 0 Å². The quantitative estimate of drug-likeness (QED) is 0.313. The number of hydrogen-bond acceptors (Lipinski definition) is 6. The fourth-order valence-electron chi connectivity index (χ4n) is 6.39. The monoisotopic (exact) mass is 559 g/mol. The lowest BCUT2D eigenvalue weighted by molar-refractivity contribution is -0.139. The maximum atomic E-state index is 12.1. The minimum absolute atomic E-state index is 0.00493. The molecule has 2 aromatic rings. The molecule has 0 spiro atoms. The van der Waals surface area contributed by atoms with Crippen LogP contribution in [0.1, 0.15) is 55.8 Å². The Hall–Kier alpha value is -3.71. The van der Waals surface area contributed by atoms with Gasteiger partial charge in [0.1, 0.15) is 24.2 Å². The molecule has 0 amide bonds. The van der Waals surface area contributed by atoms with Crippen molar-refractivity contribution in [1.29, 1.82) is 0 Å². The Balaban J connectivity index is 1.38. The van der Waals surface area contributed by atoms with E-state index in [2.05, 4.69) is 29.7 Å². The predicted octanol–water partition coefficient (Wildman–Crippen LogP) is 6.64. The summed E-state index contributed by atoms with van der Waals surface area (Å²) in [5.41, 5.74) is 2.89. The normalized spacial score (nSPS) is 23.2. The van der Waals surface area contributed by atoms with E-state index in [9.17, 15) is 9.90 Å². The standard InChI is InChI=1S/C34H41NO6/c1-23(33(25-9-5-4-6-10-25)41-29-11-7-8-12-29)35-21-26-15-18-31(39-3)34(30(26)19-27(35)20-32(36)37)40-22-24-13-16-28(38-2)17-14-24/h4-6,9-10,13-18,26-27,29-30,33H,1,7-8,11-12,19-22H2,2-3H3,(H,36,37)/t26?,27-,30?,33-/m1/s1. The molecule has 0 bridgehead atoms. The summed E-state index contributed by atoms with van der Waals surface area (Å²) in [6, 6.07) is 17.7. The SMILES string of the molecule is C=C([C@@H](OC1CCCC1)c1ccccc1)N1CC2C=CC(OC)=C(OCc3ccc(OC)cc3)C2C[C@@H]1CC(=O)O. The molecule has 2 aromatic carbocycles. The van der Waals surface area contributed by atoms with Gasteiger partial charge in [-0.1, -0.05) is 68.0 Å². The predicted molar refractivity (Wildman–Crippen MR) is 157 cm³/mol. The van der Waals surface area contributed by atoms with Gasteiger partial charge in [-0.3, -0.25) is 4.79 Å². The van der Waals surface area contributed by atoms with Gasteiger partial charge in [0.05, 0.1) is 26.7 Å². The van der Waals surface area contributed by atoms with Crippen LogP contribution in [0.25, 0.3) is 0 Å². The van der Waals surface area contributed by atoms with Crippen molar-refractivity contribution in [3.05, 3.63) is 102 Å². The molecule has 7 heteroatoms. The van der Waals surface area contributed by atoms with Gasteiger partial charge in [0, 0.05) is 30.1 Å². The highest BCUT2D eigenvalue weighted by Crippen LogP contribution is 2.44. The third-order valence-electron chi connectivity index (χ3n) is 8.55. The molecule has 218 valence electrons. The molecule has 2 unspecified atom stereocenters. The third kappa shape index (κ3) is 6.79. The largest absolute Gasteiger partial charge is 0.497 e. The number of carbonyl (C=O) groups is 1. The van der Waals surface area contributed by atoms with Crippen LogP contribution in [0.5, 0.6) is 5.75 Å². The highest BCUT2D eigenvalue weighted by Gasteiger charge is 2.42. The highest BCUT2D eigenvalue weighted by atomic mass is 16.5. The number of fused-ring (bicyclic) bond motifs is 1. The summed E-state index contributed by atoms with van der Waals surface area (Å²) in [7, 11) is 3.29. The van der Waals surface area contributed by atoms with E-state index in [0.717, 1.165) is 41.2 Å². The van der Waals surface area contributed by atoms with E-state index in [-0.39, 0.29) is 36.5 Å². The summed E-state index contributed by atoms with van der Waals surface area (Å²) < 4.78 is 24.1. The Kier molecular flexibility index (Phi) is 9.35. The van der Waals surface area contributed by atoms with Crippen LogP contribution >= 0.6 is 0 Å². The van der Waals surface area contributed by atoms with Crippen molar-refractivity contribution in [2.45, 2.75) is 63.4 Å². The number of carboxylic acid groups (broad SMARTS) is 1. The number of rotatable bonds is 12. The molecule has 3 aliphatic rings. The van der Waals surface area contributed by atoms with Gasteiger partial charge in [0.2, 0.25) is 0 Å². The number of aliphatic carboxylic acids is 1. The number of benzene rings is 2. The molecular formula is C34H41NO6. The Morgan fingerprint density at radius 1 is 1.05 bits per heavy atom. The molecule has 1 saturated heterocycles. The highest BCUT2D eigenvalue weighted by molar-refractivity contribution is 5.67. The number of nitrogens with zero attached hydrogens (tertiary/aromatic N) is 1. The Morgan fingerprint density at radius 2 is 1.78 bits per heavy atom. The average molecular weight is 560 g/mol. The maximum Gasteiger partial charge on any atom is 0.305 e. The number of ether oxygens (including phenoxy) is 4. The maximum absolute atomic E-state index is 12.1. The van der Waals surface area contributed by atoms with E-state index in [0.29, 0.717) is 25.3 Å². The van der Waals surface area contributed by atoms with Gasteiger partial charge in [0.15, 0.2) is 5.76 Å². The first-order valence-corrected chi connectivity index (χ1v) is 14.6. The number of allylic oxidation sites excluding steroid dienone is 2. The van der Waals surface area contributed by atoms with E-state index in [1.807, 2.05) is 48.5 Å². The van der Waals surface area contributed by atoms with E-state index in [1.54, 1.807) is 14.2 Å². The first kappa shape index (κ1) is 28.8. The zero-order valence-electron chi connectivity index (χ0n) is 24.0. The molecular weight excluding hydrogens is 518 g/mol. The van der Waals surface area contributed by atoms with Crippen LogP contribution in [-0.4, -0.2) is 48.9 Å². The fourth-order valence-corrected chi connectivity index (χ4v) is 6.39. The third-order valence-corrected chi connectivity index (χ3v) is 8.55. The van der Waals surface area contributed by atoms with E-state index in [1.165, 1.54) is 12.8 Å². The first-order chi connectivity index (χ1) is 20.0. The number of piperidine rings is 1. The van der Waals surface area contributed by atoms with Gasteiger partial charge in [-0.05, 0) is 48.6 Å². The number of likely N-dealkylation sites (tertiary alicyclic amines) is 1. The molecule has 1 aliphatic heterocycles. The molecule has 1 saturated carbocycles. The molecule has 1 N–H and O–H groups in total. The van der Waals surface area contributed by atoms with Crippen molar-refractivity contribution in [3.63, 3.8) is 0 Å². The van der Waals surface area contributed by atoms with Crippen molar-refractivity contribution in [1.82, 2.24) is 4.90 Å². The number of hydrogen-bond donors (Lipinski definition) is 1. The van der Waals surface area contributed by atoms with E-state index < -0.39 is 5.97 Å². The molecule has 1 heterocycles. The second-order valence-corrected chi connectivity index (χ2v) is 11.2. The van der Waals surface area contributed by atoms with Gasteiger partial charge in [-0.2, -0.15) is 0 Å². The van der Waals surface area contributed by atoms with Gasteiger partial charge >= 0.3 is 5.97 Å². The second kappa shape index (κ2) is 13.3. The minimum Gasteiger partial charge on any atom is -0.497 e. The summed E-state index contributed by atoms with van der Waals surface area (Å²) in [4.78, 5) is 14.3. The molecule has 4 atom stereocenters. The summed E-state index contributed by atoms with van der Waals surface area (Å²) in [5.74, 6) is 1.53. The molecule has 7 nitrogen and oxygen atoms in total. The molecule has 2 fully saturated rings. The van der Waals surface area contributed by atoms with Crippen LogP contribution < -0.4 is 4.74 Å². The van der Waals surface area contributed by atoms with Crippen LogP contribution in [0.4, 0.5) is 0 Å². The van der Waals surface area contributed by atoms with Gasteiger partial charge in [0.25, 0.3) is 0 Å². The van der Waals surface area contributed by atoms with Crippen LogP contribution in [0, 0.1) is 11.8 Å². The van der Waals surface area contributed by atoms with Crippen LogP contribution in [0.3, 0.4) is 0 Å². The molecule has 41 heavy (non-hydrogen) atoms. The van der Waals surface area contributed by atoms with Crippen molar-refractivity contribution >= 4 is 5.97 Å². The van der Waals surface area contributed by atoms with E-state index in [4.69, 9.17) is 18.9 Å². The summed E-state index contributed by atoms with van der Waals surface area (Å²) >= 11 is 0. The summed E-state index contributed by atoms with van der Waals surface area (Å²) in [5, 5.41) is 9.93. The Bertz CT molecular complexity index is 1250. The van der Waals surface area contributed by atoms with Crippen LogP contribution in [0.15, 0.2) is 90.5 Å². The Morgan fingerprint density at radius 3 is 2.44 bits per heavy atom. The Labute approximate surface area is 243 Å². The smallest absolute Gasteiger partial charge is 0.305 e. The summed E-state index contributed by atoms with van der Waals surface area (Å²) in [6.45, 7) is 5.55. The second-order valence-electron chi connectivity index (χ2n) is 11.2. The molecule has 0 aromatic heterocycles. The number of carboxylic acids is 1. The average Bonchev–Trinajstić information content (AvgIpc) is 3.52. The lowest BCUT2D eigenvalue weighted by Gasteiger charge is -2.47. The zero-order valence-corrected chi connectivity index (χ0v) is 24.0. The zero-order chi connectivity index (χ0) is 28.8. The number of methoxy groups -OCH3 is 2. The lowest BCUT2D eigenvalue weighted by atomic mass is 9.76. The van der Waals surface area contributed by atoms with Gasteiger partial charge in [-0.25, -0.2) is 0 Å². The van der Waals surface area contributed by atoms with Crippen LogP contribution in [0.2, 0.25) is 0 Å². The van der Waals surface area contributed by atoms with Gasteiger partial charge in [-0.15, -0.1) is 0 Å².